The van der Waals surface area contributed by atoms with Gasteiger partial charge in [0.2, 0.25) is 0 Å². The van der Waals surface area contributed by atoms with Gasteiger partial charge in [0, 0.05) is 37.8 Å². The third-order valence-electron chi connectivity index (χ3n) is 4.57. The van der Waals surface area contributed by atoms with E-state index in [9.17, 15) is 0 Å². The number of benzene rings is 1. The molecule has 1 fully saturated rings. The number of ether oxygens (including phenoxy) is 1. The summed E-state index contributed by atoms with van der Waals surface area (Å²) in [5, 5.41) is 8.75. The van der Waals surface area contributed by atoms with E-state index < -0.39 is 0 Å². The number of para-hydroxylation sites is 1. The summed E-state index contributed by atoms with van der Waals surface area (Å²) < 4.78 is 13.6. The number of fused-ring (bicyclic) bond motifs is 1. The molecule has 0 radical (unpaired) electrons. The second-order valence-corrected chi connectivity index (χ2v) is 6.40. The van der Waals surface area contributed by atoms with Gasteiger partial charge in [0.25, 0.3) is 0 Å². The maximum atomic E-state index is 5.91. The van der Waals surface area contributed by atoms with Crippen LogP contribution in [-0.4, -0.2) is 47.4 Å². The Labute approximate surface area is 175 Å². The molecule has 1 N–H and O–H groups in total. The van der Waals surface area contributed by atoms with Crippen LogP contribution in [-0.2, 0) is 18.3 Å². The number of aliphatic imine (C=N–C) groups is 1. The van der Waals surface area contributed by atoms with Crippen molar-refractivity contribution in [1.29, 1.82) is 0 Å². The zero-order valence-electron chi connectivity index (χ0n) is 15.5. The molecule has 0 bridgehead atoms. The lowest BCUT2D eigenvalue weighted by atomic mass is 10.1. The molecule has 1 aliphatic heterocycles. The van der Waals surface area contributed by atoms with Crippen LogP contribution in [0.15, 0.2) is 52.1 Å². The predicted molar refractivity (Wildman–Crippen MR) is 115 cm³/mol. The number of aryl methyl sites for hydroxylation is 1. The zero-order chi connectivity index (χ0) is 17.9. The molecular weight excluding hydrogens is 457 g/mol. The van der Waals surface area contributed by atoms with Gasteiger partial charge in [-0.15, -0.1) is 24.0 Å². The fourth-order valence-electron chi connectivity index (χ4n) is 3.27. The smallest absolute Gasteiger partial charge is 0.194 e. The van der Waals surface area contributed by atoms with E-state index in [2.05, 4.69) is 32.4 Å². The highest BCUT2D eigenvalue weighted by Crippen LogP contribution is 2.22. The van der Waals surface area contributed by atoms with Gasteiger partial charge in [-0.25, -0.2) is 0 Å². The quantitative estimate of drug-likeness (QED) is 0.354. The maximum Gasteiger partial charge on any atom is 0.194 e. The van der Waals surface area contributed by atoms with Gasteiger partial charge in [0.1, 0.15) is 17.4 Å². The van der Waals surface area contributed by atoms with Gasteiger partial charge in [-0.1, -0.05) is 18.2 Å². The van der Waals surface area contributed by atoms with Gasteiger partial charge in [-0.05, 0) is 12.1 Å². The van der Waals surface area contributed by atoms with Crippen LogP contribution >= 0.6 is 24.0 Å². The number of guanidine groups is 1. The predicted octanol–water partition coefficient (Wildman–Crippen LogP) is 2.93. The molecule has 1 unspecified atom stereocenters. The molecule has 1 saturated heterocycles. The zero-order valence-corrected chi connectivity index (χ0v) is 17.8. The van der Waals surface area contributed by atoms with Gasteiger partial charge in [-0.2, -0.15) is 5.10 Å². The van der Waals surface area contributed by atoms with Gasteiger partial charge < -0.3 is 19.4 Å². The van der Waals surface area contributed by atoms with Gasteiger partial charge in [0.15, 0.2) is 5.96 Å². The molecule has 0 aliphatic carbocycles. The van der Waals surface area contributed by atoms with E-state index in [1.54, 1.807) is 11.7 Å². The minimum atomic E-state index is 0. The summed E-state index contributed by atoms with van der Waals surface area (Å²) in [6.07, 6.45) is 3.86. The number of halogens is 1. The van der Waals surface area contributed by atoms with Crippen LogP contribution in [0, 0.1) is 0 Å². The summed E-state index contributed by atoms with van der Waals surface area (Å²) in [5.41, 5.74) is 1.99. The fourth-order valence-corrected chi connectivity index (χ4v) is 3.27. The van der Waals surface area contributed by atoms with E-state index in [1.807, 2.05) is 37.6 Å². The molecule has 1 atom stereocenters. The minimum Gasteiger partial charge on any atom is -0.459 e. The Morgan fingerprint density at radius 1 is 1.37 bits per heavy atom. The summed E-state index contributed by atoms with van der Waals surface area (Å²) in [7, 11) is 3.72. The van der Waals surface area contributed by atoms with Crippen LogP contribution in [0.5, 0.6) is 0 Å². The van der Waals surface area contributed by atoms with E-state index in [-0.39, 0.29) is 30.1 Å². The van der Waals surface area contributed by atoms with E-state index in [0.717, 1.165) is 41.3 Å². The van der Waals surface area contributed by atoms with Crippen LogP contribution in [0.4, 0.5) is 0 Å². The molecule has 3 aromatic rings. The Morgan fingerprint density at radius 3 is 2.96 bits per heavy atom. The van der Waals surface area contributed by atoms with Gasteiger partial charge in [-0.3, -0.25) is 9.67 Å². The first-order valence-electron chi connectivity index (χ1n) is 8.76. The number of rotatable bonds is 3. The molecule has 3 heterocycles. The average molecular weight is 481 g/mol. The number of morpholine rings is 1. The van der Waals surface area contributed by atoms with Crippen LogP contribution in [0.1, 0.15) is 17.4 Å². The van der Waals surface area contributed by atoms with Crippen LogP contribution in [0.25, 0.3) is 11.0 Å². The topological polar surface area (TPSA) is 67.8 Å². The normalized spacial score (nSPS) is 17.8. The number of nitrogens with zero attached hydrogens (tertiary/aromatic N) is 4. The molecular formula is C19H24IN5O2. The molecule has 1 aliphatic rings. The Kier molecular flexibility index (Phi) is 6.38. The monoisotopic (exact) mass is 481 g/mol. The van der Waals surface area contributed by atoms with Crippen molar-refractivity contribution in [3.05, 3.63) is 54.0 Å². The summed E-state index contributed by atoms with van der Waals surface area (Å²) in [6, 6.07) is 10.1. The summed E-state index contributed by atoms with van der Waals surface area (Å²) in [4.78, 5) is 6.64. The molecule has 4 rings (SSSR count). The second-order valence-electron chi connectivity index (χ2n) is 6.40. The molecule has 0 spiro atoms. The number of nitrogens with one attached hydrogen (secondary N) is 1. The second kappa shape index (κ2) is 8.75. The number of aromatic nitrogens is 2. The third kappa shape index (κ3) is 4.44. The minimum absolute atomic E-state index is 0. The SMILES string of the molecule is CN=C(NCc1cc2ccccc2o1)N1CCOC(c2cnn(C)c2)C1.I. The largest absolute Gasteiger partial charge is 0.459 e. The number of furan rings is 1. The molecule has 2 aromatic heterocycles. The summed E-state index contributed by atoms with van der Waals surface area (Å²) in [6.45, 7) is 2.79. The molecule has 1 aromatic carbocycles. The average Bonchev–Trinajstić information content (AvgIpc) is 3.28. The number of hydrogen-bond donors (Lipinski definition) is 1. The van der Waals surface area contributed by atoms with E-state index in [1.165, 1.54) is 0 Å². The van der Waals surface area contributed by atoms with Gasteiger partial charge in [0.05, 0.1) is 25.9 Å². The van der Waals surface area contributed by atoms with E-state index in [4.69, 9.17) is 9.15 Å². The van der Waals surface area contributed by atoms with Crippen molar-refractivity contribution in [1.82, 2.24) is 20.0 Å². The highest BCUT2D eigenvalue weighted by Gasteiger charge is 2.25. The number of hydrogen-bond acceptors (Lipinski definition) is 4. The Hall–Kier alpha value is -2.07. The highest BCUT2D eigenvalue weighted by molar-refractivity contribution is 14.0. The molecule has 8 heteroatoms. The molecule has 27 heavy (non-hydrogen) atoms. The van der Waals surface area contributed by atoms with Crippen LogP contribution < -0.4 is 5.32 Å². The highest BCUT2D eigenvalue weighted by atomic mass is 127. The van der Waals surface area contributed by atoms with Crippen molar-refractivity contribution < 1.29 is 9.15 Å². The van der Waals surface area contributed by atoms with Crippen molar-refractivity contribution >= 4 is 40.9 Å². The molecule has 0 saturated carbocycles. The van der Waals surface area contributed by atoms with E-state index >= 15 is 0 Å². The van der Waals surface area contributed by atoms with Crippen molar-refractivity contribution in [2.24, 2.45) is 12.0 Å². The Morgan fingerprint density at radius 2 is 2.22 bits per heavy atom. The first-order valence-corrected chi connectivity index (χ1v) is 8.76. The lowest BCUT2D eigenvalue weighted by molar-refractivity contribution is -0.00807. The van der Waals surface area contributed by atoms with E-state index in [0.29, 0.717) is 13.2 Å². The fraction of sp³-hybridized carbons (Fsp3) is 0.368. The maximum absolute atomic E-state index is 5.91. The van der Waals surface area contributed by atoms with Gasteiger partial charge >= 0.3 is 0 Å². The molecule has 7 nitrogen and oxygen atoms in total. The lowest BCUT2D eigenvalue weighted by Gasteiger charge is -2.34. The molecule has 144 valence electrons. The van der Waals surface area contributed by atoms with Crippen molar-refractivity contribution in [2.75, 3.05) is 26.7 Å². The van der Waals surface area contributed by atoms with Crippen LogP contribution in [0.3, 0.4) is 0 Å². The Balaban J connectivity index is 0.00000210. The van der Waals surface area contributed by atoms with Crippen LogP contribution in [0.2, 0.25) is 0 Å². The summed E-state index contributed by atoms with van der Waals surface area (Å²) in [5.74, 6) is 1.74. The van der Waals surface area contributed by atoms with Crippen molar-refractivity contribution in [2.45, 2.75) is 12.6 Å². The third-order valence-corrected chi connectivity index (χ3v) is 4.57. The van der Waals surface area contributed by atoms with Crippen molar-refractivity contribution in [3.63, 3.8) is 0 Å². The Bertz CT molecular complexity index is 887. The van der Waals surface area contributed by atoms with Crippen molar-refractivity contribution in [3.8, 4) is 0 Å². The lowest BCUT2D eigenvalue weighted by Crippen LogP contribution is -2.47. The standard InChI is InChI=1S/C19H23N5O2.HI/c1-20-19(21-11-16-9-14-5-3-4-6-17(14)26-16)24-7-8-25-18(13-24)15-10-22-23(2)12-15;/h3-6,9-10,12,18H,7-8,11,13H2,1-2H3,(H,20,21);1H. The first-order chi connectivity index (χ1) is 12.7. The molecule has 0 amide bonds. The first kappa shape index (κ1) is 19.7. The summed E-state index contributed by atoms with van der Waals surface area (Å²) >= 11 is 0.